The zero-order chi connectivity index (χ0) is 14.2. The van der Waals surface area contributed by atoms with E-state index >= 15 is 0 Å². The molecule has 98 valence electrons. The molecule has 0 fully saturated rings. The van der Waals surface area contributed by atoms with Crippen LogP contribution in [0.4, 0.5) is 5.69 Å². The zero-order valence-corrected chi connectivity index (χ0v) is 10.9. The third-order valence-corrected chi connectivity index (χ3v) is 3.31. The fourth-order valence-corrected chi connectivity index (χ4v) is 1.89. The predicted octanol–water partition coefficient (Wildman–Crippen LogP) is 2.83. The number of ketones is 1. The van der Waals surface area contributed by atoms with Gasteiger partial charge in [0.05, 0.1) is 15.7 Å². The minimum atomic E-state index is -1.15. The SMILES string of the molecule is Nc1cc(C(=O)c2c[nH]c(C(=O)O)c2)cc(Cl)c1Cl. The molecule has 2 rings (SSSR count). The lowest BCUT2D eigenvalue weighted by atomic mass is 10.1. The lowest BCUT2D eigenvalue weighted by Crippen LogP contribution is -2.02. The first-order valence-corrected chi connectivity index (χ1v) is 5.86. The Kier molecular flexibility index (Phi) is 3.50. The average Bonchev–Trinajstić information content (AvgIpc) is 2.84. The Balaban J connectivity index is 2.41. The van der Waals surface area contributed by atoms with Gasteiger partial charge < -0.3 is 15.8 Å². The van der Waals surface area contributed by atoms with Gasteiger partial charge in [0, 0.05) is 17.3 Å². The number of rotatable bonds is 3. The zero-order valence-electron chi connectivity index (χ0n) is 9.41. The quantitative estimate of drug-likeness (QED) is 0.599. The van der Waals surface area contributed by atoms with Crippen molar-refractivity contribution in [3.63, 3.8) is 0 Å². The number of aromatic amines is 1. The molecule has 0 bridgehead atoms. The number of aromatic nitrogens is 1. The Labute approximate surface area is 117 Å². The summed E-state index contributed by atoms with van der Waals surface area (Å²) < 4.78 is 0. The monoisotopic (exact) mass is 298 g/mol. The van der Waals surface area contributed by atoms with Crippen LogP contribution in [-0.4, -0.2) is 21.8 Å². The lowest BCUT2D eigenvalue weighted by Gasteiger charge is -2.04. The predicted molar refractivity (Wildman–Crippen MR) is 72.1 cm³/mol. The van der Waals surface area contributed by atoms with Crippen LogP contribution >= 0.6 is 23.2 Å². The highest BCUT2D eigenvalue weighted by Crippen LogP contribution is 2.30. The van der Waals surface area contributed by atoms with Crippen molar-refractivity contribution in [2.24, 2.45) is 0 Å². The molecular formula is C12H8Cl2N2O3. The Morgan fingerprint density at radius 2 is 1.84 bits per heavy atom. The number of carboxylic acids is 1. The number of halogens is 2. The molecule has 2 aromatic rings. The fourth-order valence-electron chi connectivity index (χ4n) is 1.56. The highest BCUT2D eigenvalue weighted by atomic mass is 35.5. The molecule has 0 aliphatic heterocycles. The Bertz CT molecular complexity index is 656. The number of nitrogens with two attached hydrogens (primary N) is 1. The van der Waals surface area contributed by atoms with Crippen LogP contribution in [0.25, 0.3) is 0 Å². The first-order chi connectivity index (χ1) is 8.90. The molecule has 19 heavy (non-hydrogen) atoms. The van der Waals surface area contributed by atoms with E-state index in [4.69, 9.17) is 34.0 Å². The molecule has 0 unspecified atom stereocenters. The van der Waals surface area contributed by atoms with E-state index in [0.29, 0.717) is 0 Å². The van der Waals surface area contributed by atoms with Crippen molar-refractivity contribution < 1.29 is 14.7 Å². The molecule has 0 aliphatic rings. The number of carboxylic acid groups (broad SMARTS) is 1. The van der Waals surface area contributed by atoms with Gasteiger partial charge in [-0.1, -0.05) is 23.2 Å². The molecular weight excluding hydrogens is 291 g/mol. The second-order valence-corrected chi connectivity index (χ2v) is 4.58. The number of H-pyrrole nitrogens is 1. The van der Waals surface area contributed by atoms with Crippen molar-refractivity contribution in [1.82, 2.24) is 4.98 Å². The second-order valence-electron chi connectivity index (χ2n) is 3.80. The van der Waals surface area contributed by atoms with E-state index in [1.54, 1.807) is 0 Å². The average molecular weight is 299 g/mol. The summed E-state index contributed by atoms with van der Waals surface area (Å²) in [6.07, 6.45) is 1.31. The smallest absolute Gasteiger partial charge is 0.352 e. The van der Waals surface area contributed by atoms with Crippen LogP contribution in [0, 0.1) is 0 Å². The standard InChI is InChI=1S/C12H8Cl2N2O3/c13-7-1-5(2-8(15)10(7)14)11(17)6-3-9(12(18)19)16-4-6/h1-4,16H,15H2,(H,18,19). The summed E-state index contributed by atoms with van der Waals surface area (Å²) in [5.74, 6) is -1.54. The van der Waals surface area contributed by atoms with Crippen molar-refractivity contribution in [3.8, 4) is 0 Å². The number of carbonyl (C=O) groups excluding carboxylic acids is 1. The van der Waals surface area contributed by atoms with Crippen LogP contribution in [0.5, 0.6) is 0 Å². The summed E-state index contributed by atoms with van der Waals surface area (Å²) in [4.78, 5) is 25.3. The van der Waals surface area contributed by atoms with Gasteiger partial charge in [0.15, 0.2) is 5.78 Å². The summed E-state index contributed by atoms with van der Waals surface area (Å²) in [5, 5.41) is 9.12. The van der Waals surface area contributed by atoms with Gasteiger partial charge in [-0.3, -0.25) is 4.79 Å². The van der Waals surface area contributed by atoms with Gasteiger partial charge in [0.2, 0.25) is 0 Å². The minimum absolute atomic E-state index is 0.0728. The van der Waals surface area contributed by atoms with Crippen LogP contribution in [0.1, 0.15) is 26.4 Å². The number of carbonyl (C=O) groups is 2. The molecule has 1 heterocycles. The summed E-state index contributed by atoms with van der Waals surface area (Å²) in [7, 11) is 0. The molecule has 0 spiro atoms. The molecule has 4 N–H and O–H groups in total. The van der Waals surface area contributed by atoms with Crippen LogP contribution < -0.4 is 5.73 Å². The maximum absolute atomic E-state index is 12.1. The number of nitrogens with one attached hydrogen (secondary N) is 1. The topological polar surface area (TPSA) is 96.2 Å². The highest BCUT2D eigenvalue weighted by molar-refractivity contribution is 6.44. The number of anilines is 1. The number of benzene rings is 1. The van der Waals surface area contributed by atoms with E-state index in [0.717, 1.165) is 0 Å². The van der Waals surface area contributed by atoms with E-state index in [1.165, 1.54) is 24.4 Å². The summed E-state index contributed by atoms with van der Waals surface area (Å²) in [6.45, 7) is 0. The van der Waals surface area contributed by atoms with Crippen LogP contribution in [0.2, 0.25) is 10.0 Å². The van der Waals surface area contributed by atoms with E-state index in [1.807, 2.05) is 0 Å². The Morgan fingerprint density at radius 3 is 2.37 bits per heavy atom. The molecule has 0 aliphatic carbocycles. The molecule has 0 amide bonds. The number of hydrogen-bond acceptors (Lipinski definition) is 3. The first kappa shape index (κ1) is 13.5. The van der Waals surface area contributed by atoms with E-state index in [9.17, 15) is 9.59 Å². The Hall–Kier alpha value is -1.98. The largest absolute Gasteiger partial charge is 0.477 e. The van der Waals surface area contributed by atoms with E-state index in [-0.39, 0.29) is 32.6 Å². The van der Waals surface area contributed by atoms with Crippen molar-refractivity contribution in [2.75, 3.05) is 5.73 Å². The molecule has 0 atom stereocenters. The number of aromatic carboxylic acids is 1. The fraction of sp³-hybridized carbons (Fsp3) is 0. The normalized spacial score (nSPS) is 10.4. The van der Waals surface area contributed by atoms with Crippen molar-refractivity contribution in [3.05, 3.63) is 51.3 Å². The van der Waals surface area contributed by atoms with E-state index < -0.39 is 11.8 Å². The lowest BCUT2D eigenvalue weighted by molar-refractivity contribution is 0.0691. The molecule has 1 aromatic heterocycles. The van der Waals surface area contributed by atoms with Gasteiger partial charge in [-0.25, -0.2) is 4.79 Å². The highest BCUT2D eigenvalue weighted by Gasteiger charge is 2.16. The van der Waals surface area contributed by atoms with Crippen molar-refractivity contribution >= 4 is 40.6 Å². The van der Waals surface area contributed by atoms with Gasteiger partial charge in [-0.05, 0) is 18.2 Å². The molecule has 7 heteroatoms. The maximum Gasteiger partial charge on any atom is 0.352 e. The van der Waals surface area contributed by atoms with Gasteiger partial charge in [-0.2, -0.15) is 0 Å². The van der Waals surface area contributed by atoms with Crippen molar-refractivity contribution in [2.45, 2.75) is 0 Å². The molecule has 0 radical (unpaired) electrons. The maximum atomic E-state index is 12.1. The number of nitrogen functional groups attached to an aromatic ring is 1. The van der Waals surface area contributed by atoms with Gasteiger partial charge >= 0.3 is 5.97 Å². The second kappa shape index (κ2) is 4.95. The third-order valence-electron chi connectivity index (χ3n) is 2.49. The first-order valence-electron chi connectivity index (χ1n) is 5.11. The van der Waals surface area contributed by atoms with Crippen LogP contribution in [-0.2, 0) is 0 Å². The van der Waals surface area contributed by atoms with Crippen LogP contribution in [0.15, 0.2) is 24.4 Å². The minimum Gasteiger partial charge on any atom is -0.477 e. The summed E-state index contributed by atoms with van der Waals surface area (Å²) >= 11 is 11.6. The van der Waals surface area contributed by atoms with Crippen LogP contribution in [0.3, 0.4) is 0 Å². The molecule has 0 saturated carbocycles. The molecule has 5 nitrogen and oxygen atoms in total. The summed E-state index contributed by atoms with van der Waals surface area (Å²) in [5.41, 5.74) is 6.18. The summed E-state index contributed by atoms with van der Waals surface area (Å²) in [6, 6.07) is 4.02. The van der Waals surface area contributed by atoms with E-state index in [2.05, 4.69) is 4.98 Å². The number of hydrogen-bond donors (Lipinski definition) is 3. The van der Waals surface area contributed by atoms with Gasteiger partial charge in [0.1, 0.15) is 5.69 Å². The molecule has 0 saturated heterocycles. The molecule has 1 aromatic carbocycles. The Morgan fingerprint density at radius 1 is 1.16 bits per heavy atom. The van der Waals surface area contributed by atoms with Crippen molar-refractivity contribution in [1.29, 1.82) is 0 Å². The van der Waals surface area contributed by atoms with Gasteiger partial charge in [-0.15, -0.1) is 0 Å². The third kappa shape index (κ3) is 2.57. The van der Waals surface area contributed by atoms with Gasteiger partial charge in [0.25, 0.3) is 0 Å².